The van der Waals surface area contributed by atoms with Crippen molar-refractivity contribution in [1.29, 1.82) is 0 Å². The van der Waals surface area contributed by atoms with Gasteiger partial charge < -0.3 is 14.4 Å². The maximum atomic E-state index is 11.5. The Labute approximate surface area is 125 Å². The Kier molecular flexibility index (Phi) is 6.88. The molecule has 5 heteroatoms. The van der Waals surface area contributed by atoms with Crippen LogP contribution in [0, 0.1) is 0 Å². The number of benzene rings is 1. The second kappa shape index (κ2) is 8.42. The van der Waals surface area contributed by atoms with Crippen LogP contribution < -0.4 is 4.74 Å². The van der Waals surface area contributed by atoms with Crippen molar-refractivity contribution in [3.63, 3.8) is 0 Å². The SMILES string of the molecule is COC(=O)CCCN(C)Cc1cc(C(C)=O)ccc1OC. The molecule has 0 atom stereocenters. The third-order valence-corrected chi connectivity index (χ3v) is 3.28. The zero-order chi connectivity index (χ0) is 15.8. The van der Waals surface area contributed by atoms with Crippen LogP contribution in [0.15, 0.2) is 18.2 Å². The second-order valence-electron chi connectivity index (χ2n) is 5.00. The summed E-state index contributed by atoms with van der Waals surface area (Å²) in [5, 5.41) is 0. The Morgan fingerprint density at radius 2 is 1.95 bits per heavy atom. The number of nitrogens with zero attached hydrogens (tertiary/aromatic N) is 1. The van der Waals surface area contributed by atoms with Crippen molar-refractivity contribution in [3.8, 4) is 5.75 Å². The van der Waals surface area contributed by atoms with Gasteiger partial charge >= 0.3 is 5.97 Å². The van der Waals surface area contributed by atoms with Gasteiger partial charge in [0.2, 0.25) is 0 Å². The van der Waals surface area contributed by atoms with Crippen LogP contribution in [0.4, 0.5) is 0 Å². The van der Waals surface area contributed by atoms with E-state index in [0.717, 1.165) is 24.3 Å². The molecule has 0 aromatic heterocycles. The van der Waals surface area contributed by atoms with Gasteiger partial charge in [-0.3, -0.25) is 9.59 Å². The summed E-state index contributed by atoms with van der Waals surface area (Å²) in [4.78, 5) is 24.6. The molecule has 0 amide bonds. The molecular weight excluding hydrogens is 270 g/mol. The first-order chi connectivity index (χ1) is 9.97. The Morgan fingerprint density at radius 1 is 1.24 bits per heavy atom. The number of hydrogen-bond acceptors (Lipinski definition) is 5. The lowest BCUT2D eigenvalue weighted by Gasteiger charge is -2.18. The fourth-order valence-corrected chi connectivity index (χ4v) is 2.09. The molecule has 0 fully saturated rings. The van der Waals surface area contributed by atoms with E-state index in [1.165, 1.54) is 7.11 Å². The Balaban J connectivity index is 2.65. The van der Waals surface area contributed by atoms with Crippen LogP contribution in [0.5, 0.6) is 5.75 Å². The number of hydrogen-bond donors (Lipinski definition) is 0. The van der Waals surface area contributed by atoms with Crippen LogP contribution in [0.1, 0.15) is 35.7 Å². The third-order valence-electron chi connectivity index (χ3n) is 3.28. The normalized spacial score (nSPS) is 10.5. The van der Waals surface area contributed by atoms with Crippen LogP contribution in [-0.4, -0.2) is 44.5 Å². The topological polar surface area (TPSA) is 55.8 Å². The molecule has 0 radical (unpaired) electrons. The lowest BCUT2D eigenvalue weighted by Crippen LogP contribution is -2.20. The Bertz CT molecular complexity index is 499. The van der Waals surface area contributed by atoms with Gasteiger partial charge in [0.05, 0.1) is 14.2 Å². The van der Waals surface area contributed by atoms with Gasteiger partial charge in [-0.25, -0.2) is 0 Å². The minimum Gasteiger partial charge on any atom is -0.496 e. The van der Waals surface area contributed by atoms with E-state index >= 15 is 0 Å². The molecule has 0 heterocycles. The Hall–Kier alpha value is -1.88. The zero-order valence-corrected chi connectivity index (χ0v) is 13.1. The summed E-state index contributed by atoms with van der Waals surface area (Å²) < 4.78 is 9.94. The zero-order valence-electron chi connectivity index (χ0n) is 13.1. The van der Waals surface area contributed by atoms with Gasteiger partial charge in [0.25, 0.3) is 0 Å². The smallest absolute Gasteiger partial charge is 0.305 e. The van der Waals surface area contributed by atoms with Gasteiger partial charge in [0, 0.05) is 24.1 Å². The van der Waals surface area contributed by atoms with E-state index in [2.05, 4.69) is 9.64 Å². The summed E-state index contributed by atoms with van der Waals surface area (Å²) in [5.41, 5.74) is 1.64. The van der Waals surface area contributed by atoms with Crippen molar-refractivity contribution in [3.05, 3.63) is 29.3 Å². The predicted molar refractivity (Wildman–Crippen MR) is 80.6 cm³/mol. The molecule has 1 aromatic rings. The number of ketones is 1. The standard InChI is InChI=1S/C16H23NO4/c1-12(18)13-7-8-15(20-3)14(10-13)11-17(2)9-5-6-16(19)21-4/h7-8,10H,5-6,9,11H2,1-4H3. The molecule has 0 saturated heterocycles. The maximum absolute atomic E-state index is 11.5. The largest absolute Gasteiger partial charge is 0.496 e. The van der Waals surface area contributed by atoms with E-state index in [1.54, 1.807) is 20.1 Å². The van der Waals surface area contributed by atoms with Gasteiger partial charge in [0.1, 0.15) is 5.75 Å². The van der Waals surface area contributed by atoms with E-state index in [-0.39, 0.29) is 11.8 Å². The summed E-state index contributed by atoms with van der Waals surface area (Å²) in [6, 6.07) is 5.44. The highest BCUT2D eigenvalue weighted by atomic mass is 16.5. The molecule has 0 aliphatic heterocycles. The summed E-state index contributed by atoms with van der Waals surface area (Å²) in [6.45, 7) is 2.97. The van der Waals surface area contributed by atoms with Crippen molar-refractivity contribution >= 4 is 11.8 Å². The fraction of sp³-hybridized carbons (Fsp3) is 0.500. The summed E-state index contributed by atoms with van der Waals surface area (Å²) in [5.74, 6) is 0.603. The summed E-state index contributed by atoms with van der Waals surface area (Å²) >= 11 is 0. The van der Waals surface area contributed by atoms with Crippen molar-refractivity contribution in [2.75, 3.05) is 27.8 Å². The summed E-state index contributed by atoms with van der Waals surface area (Å²) in [6.07, 6.45) is 1.14. The number of esters is 1. The van der Waals surface area contributed by atoms with E-state index in [4.69, 9.17) is 4.74 Å². The molecule has 5 nitrogen and oxygen atoms in total. The first kappa shape index (κ1) is 17.2. The minimum atomic E-state index is -0.195. The van der Waals surface area contributed by atoms with Crippen molar-refractivity contribution in [1.82, 2.24) is 4.90 Å². The molecule has 0 unspecified atom stereocenters. The Morgan fingerprint density at radius 3 is 2.52 bits per heavy atom. The van der Waals surface area contributed by atoms with Crippen LogP contribution in [0.3, 0.4) is 0 Å². The first-order valence-electron chi connectivity index (χ1n) is 6.91. The molecule has 1 rings (SSSR count). The molecule has 1 aromatic carbocycles. The number of methoxy groups -OCH3 is 2. The quantitative estimate of drug-likeness (QED) is 0.543. The van der Waals surface area contributed by atoms with Gasteiger partial charge in [-0.05, 0) is 45.1 Å². The minimum absolute atomic E-state index is 0.0345. The van der Waals surface area contributed by atoms with Gasteiger partial charge in [-0.1, -0.05) is 0 Å². The molecule has 0 aliphatic rings. The van der Waals surface area contributed by atoms with Gasteiger partial charge in [0.15, 0.2) is 5.78 Å². The van der Waals surface area contributed by atoms with Crippen molar-refractivity contribution < 1.29 is 19.1 Å². The van der Waals surface area contributed by atoms with Gasteiger partial charge in [-0.15, -0.1) is 0 Å². The molecule has 0 aliphatic carbocycles. The van der Waals surface area contributed by atoms with Gasteiger partial charge in [-0.2, -0.15) is 0 Å². The number of carbonyl (C=O) groups excluding carboxylic acids is 2. The maximum Gasteiger partial charge on any atom is 0.305 e. The lowest BCUT2D eigenvalue weighted by molar-refractivity contribution is -0.140. The molecule has 21 heavy (non-hydrogen) atoms. The fourth-order valence-electron chi connectivity index (χ4n) is 2.09. The van der Waals surface area contributed by atoms with Crippen molar-refractivity contribution in [2.45, 2.75) is 26.3 Å². The highest BCUT2D eigenvalue weighted by Gasteiger charge is 2.10. The van der Waals surface area contributed by atoms with E-state index in [9.17, 15) is 9.59 Å². The van der Waals surface area contributed by atoms with E-state index in [0.29, 0.717) is 18.5 Å². The van der Waals surface area contributed by atoms with Crippen LogP contribution in [-0.2, 0) is 16.1 Å². The number of carbonyl (C=O) groups is 2. The third kappa shape index (κ3) is 5.55. The first-order valence-corrected chi connectivity index (χ1v) is 6.91. The molecule has 0 spiro atoms. The average Bonchev–Trinajstić information content (AvgIpc) is 2.46. The van der Waals surface area contributed by atoms with Crippen molar-refractivity contribution in [2.24, 2.45) is 0 Å². The molecular formula is C16H23NO4. The molecule has 0 bridgehead atoms. The lowest BCUT2D eigenvalue weighted by atomic mass is 10.1. The van der Waals surface area contributed by atoms with E-state index in [1.807, 2.05) is 19.2 Å². The highest BCUT2D eigenvalue weighted by Crippen LogP contribution is 2.21. The van der Waals surface area contributed by atoms with Crippen LogP contribution in [0.2, 0.25) is 0 Å². The number of rotatable bonds is 8. The van der Waals surface area contributed by atoms with Crippen LogP contribution in [0.25, 0.3) is 0 Å². The van der Waals surface area contributed by atoms with Crippen LogP contribution >= 0.6 is 0 Å². The molecule has 0 saturated carbocycles. The van der Waals surface area contributed by atoms with E-state index < -0.39 is 0 Å². The monoisotopic (exact) mass is 293 g/mol. The second-order valence-corrected chi connectivity index (χ2v) is 5.00. The summed E-state index contributed by atoms with van der Waals surface area (Å²) in [7, 11) is 4.98. The molecule has 116 valence electrons. The average molecular weight is 293 g/mol. The predicted octanol–water partition coefficient (Wildman–Crippen LogP) is 2.28. The number of ether oxygens (including phenoxy) is 2. The molecule has 0 N–H and O–H groups in total. The highest BCUT2D eigenvalue weighted by molar-refractivity contribution is 5.94. The number of Topliss-reactive ketones (excluding diaryl/α,β-unsaturated/α-hetero) is 1.